The highest BCUT2D eigenvalue weighted by atomic mass is 32.2. The van der Waals surface area contributed by atoms with Gasteiger partial charge in [-0.05, 0) is 56.0 Å². The fourth-order valence-electron chi connectivity index (χ4n) is 3.80. The van der Waals surface area contributed by atoms with E-state index in [0.29, 0.717) is 10.6 Å². The van der Waals surface area contributed by atoms with Crippen molar-refractivity contribution in [1.82, 2.24) is 9.99 Å². The first-order valence-electron chi connectivity index (χ1n) is 10.2. The van der Waals surface area contributed by atoms with Gasteiger partial charge < -0.3 is 5.43 Å². The molecule has 0 radical (unpaired) electrons. The number of hydrogen-bond donors (Lipinski definition) is 1. The van der Waals surface area contributed by atoms with E-state index >= 15 is 0 Å². The highest BCUT2D eigenvalue weighted by Gasteiger charge is 2.25. The average Bonchev–Trinajstić information content (AvgIpc) is 2.74. The lowest BCUT2D eigenvalue weighted by molar-refractivity contribution is 0.273. The van der Waals surface area contributed by atoms with Crippen molar-refractivity contribution in [2.24, 2.45) is 0 Å². The number of hydrazine groups is 1. The molecule has 0 spiro atoms. The summed E-state index contributed by atoms with van der Waals surface area (Å²) in [5.41, 5.74) is 7.03. The van der Waals surface area contributed by atoms with E-state index in [0.717, 1.165) is 54.4 Å². The molecular weight excluding hydrogens is 382 g/mol. The van der Waals surface area contributed by atoms with Gasteiger partial charge in [-0.15, -0.1) is 0 Å². The van der Waals surface area contributed by atoms with Crippen molar-refractivity contribution in [3.8, 4) is 0 Å². The molecule has 0 saturated carbocycles. The zero-order chi connectivity index (χ0) is 20.4. The normalized spacial score (nSPS) is 15.5. The second kappa shape index (κ2) is 8.13. The molecule has 2 aromatic carbocycles. The molecule has 29 heavy (non-hydrogen) atoms. The Kier molecular flexibility index (Phi) is 5.56. The van der Waals surface area contributed by atoms with Crippen LogP contribution in [0.2, 0.25) is 0 Å². The van der Waals surface area contributed by atoms with Crippen LogP contribution in [0.5, 0.6) is 0 Å². The third-order valence-corrected chi connectivity index (χ3v) is 7.33. The van der Waals surface area contributed by atoms with Gasteiger partial charge >= 0.3 is 0 Å². The molecule has 0 atom stereocenters. The maximum absolute atomic E-state index is 13.5. The summed E-state index contributed by atoms with van der Waals surface area (Å²) in [6, 6.07) is 13.1. The molecule has 5 nitrogen and oxygen atoms in total. The Labute approximate surface area is 172 Å². The van der Waals surface area contributed by atoms with Crippen molar-refractivity contribution in [1.29, 1.82) is 0 Å². The Bertz CT molecular complexity index is 1120. The molecule has 3 aromatic rings. The number of aromatic nitrogens is 1. The molecule has 152 valence electrons. The number of benzene rings is 2. The van der Waals surface area contributed by atoms with E-state index in [1.54, 1.807) is 12.1 Å². The fraction of sp³-hybridized carbons (Fsp3) is 0.348. The number of aryl methyl sites for hydroxylation is 2. The van der Waals surface area contributed by atoms with Gasteiger partial charge in [0.15, 0.2) is 0 Å². The summed E-state index contributed by atoms with van der Waals surface area (Å²) in [4.78, 5) is 4.99. The fourth-order valence-corrected chi connectivity index (χ4v) is 5.17. The largest absolute Gasteiger partial charge is 0.317 e. The zero-order valence-electron chi connectivity index (χ0n) is 17.0. The van der Waals surface area contributed by atoms with Gasteiger partial charge in [-0.1, -0.05) is 37.1 Å². The first-order valence-corrected chi connectivity index (χ1v) is 11.7. The minimum Gasteiger partial charge on any atom is -0.317 e. The molecule has 0 bridgehead atoms. The minimum absolute atomic E-state index is 0.227. The molecule has 4 rings (SSSR count). The van der Waals surface area contributed by atoms with Gasteiger partial charge in [-0.25, -0.2) is 13.4 Å². The van der Waals surface area contributed by atoms with E-state index in [4.69, 9.17) is 0 Å². The SMILES string of the molecule is CCc1ccc(S(=O)(=O)c2cnc3ccc(C)cc3c2NN2CCCCC2)cc1. The summed E-state index contributed by atoms with van der Waals surface area (Å²) in [7, 11) is -3.70. The van der Waals surface area contributed by atoms with E-state index < -0.39 is 9.84 Å². The summed E-state index contributed by atoms with van der Waals surface area (Å²) in [6.07, 6.45) is 5.79. The van der Waals surface area contributed by atoms with Crippen LogP contribution in [0.1, 0.15) is 37.3 Å². The average molecular weight is 410 g/mol. The van der Waals surface area contributed by atoms with Crippen LogP contribution in [0.3, 0.4) is 0 Å². The van der Waals surface area contributed by atoms with E-state index in [1.807, 2.05) is 37.3 Å². The summed E-state index contributed by atoms with van der Waals surface area (Å²) >= 11 is 0. The Morgan fingerprint density at radius 2 is 1.76 bits per heavy atom. The lowest BCUT2D eigenvalue weighted by atomic mass is 10.1. The molecule has 1 aromatic heterocycles. The molecule has 1 aliphatic rings. The van der Waals surface area contributed by atoms with E-state index in [2.05, 4.69) is 22.3 Å². The standard InChI is InChI=1S/C23H27N3O2S/c1-3-18-8-10-19(11-9-18)29(27,28)22-16-24-21-12-7-17(2)15-20(21)23(22)25-26-13-5-4-6-14-26/h7-12,15-16H,3-6,13-14H2,1-2H3,(H,24,25). The number of nitrogens with one attached hydrogen (secondary N) is 1. The van der Waals surface area contributed by atoms with Crippen molar-refractivity contribution in [3.05, 3.63) is 59.8 Å². The topological polar surface area (TPSA) is 62.3 Å². The Morgan fingerprint density at radius 3 is 2.45 bits per heavy atom. The van der Waals surface area contributed by atoms with Crippen LogP contribution in [0.25, 0.3) is 10.9 Å². The first-order chi connectivity index (χ1) is 14.0. The highest BCUT2D eigenvalue weighted by molar-refractivity contribution is 7.91. The van der Waals surface area contributed by atoms with Crippen molar-refractivity contribution in [3.63, 3.8) is 0 Å². The molecular formula is C23H27N3O2S. The zero-order valence-corrected chi connectivity index (χ0v) is 17.8. The predicted molar refractivity (Wildman–Crippen MR) is 117 cm³/mol. The maximum Gasteiger partial charge on any atom is 0.210 e. The highest BCUT2D eigenvalue weighted by Crippen LogP contribution is 2.34. The van der Waals surface area contributed by atoms with Gasteiger partial charge in [0.2, 0.25) is 9.84 Å². The molecule has 1 fully saturated rings. The molecule has 1 aliphatic heterocycles. The molecule has 1 N–H and O–H groups in total. The summed E-state index contributed by atoms with van der Waals surface area (Å²) in [5, 5.41) is 2.96. The summed E-state index contributed by atoms with van der Waals surface area (Å²) in [5.74, 6) is 0. The second-order valence-electron chi connectivity index (χ2n) is 7.68. The van der Waals surface area contributed by atoms with Gasteiger partial charge in [0, 0.05) is 24.7 Å². The Morgan fingerprint density at radius 1 is 1.03 bits per heavy atom. The quantitative estimate of drug-likeness (QED) is 0.659. The number of piperidine rings is 1. The van der Waals surface area contributed by atoms with Gasteiger partial charge in [-0.3, -0.25) is 4.98 Å². The predicted octanol–water partition coefficient (Wildman–Crippen LogP) is 4.75. The second-order valence-corrected chi connectivity index (χ2v) is 9.60. The van der Waals surface area contributed by atoms with Crippen molar-refractivity contribution in [2.45, 2.75) is 49.3 Å². The smallest absolute Gasteiger partial charge is 0.210 e. The number of hydrogen-bond acceptors (Lipinski definition) is 5. The van der Waals surface area contributed by atoms with Crippen LogP contribution in [0.4, 0.5) is 5.69 Å². The Balaban J connectivity index is 1.86. The molecule has 0 amide bonds. The number of anilines is 1. The monoisotopic (exact) mass is 409 g/mol. The van der Waals surface area contributed by atoms with Crippen LogP contribution >= 0.6 is 0 Å². The van der Waals surface area contributed by atoms with Crippen LogP contribution in [-0.2, 0) is 16.3 Å². The van der Waals surface area contributed by atoms with Crippen LogP contribution < -0.4 is 5.43 Å². The van der Waals surface area contributed by atoms with Crippen molar-refractivity contribution in [2.75, 3.05) is 18.5 Å². The number of pyridine rings is 1. The summed E-state index contributed by atoms with van der Waals surface area (Å²) < 4.78 is 27.1. The first kappa shape index (κ1) is 19.9. The van der Waals surface area contributed by atoms with Crippen LogP contribution in [0.15, 0.2) is 58.5 Å². The van der Waals surface area contributed by atoms with Gasteiger partial charge in [0.05, 0.1) is 16.1 Å². The van der Waals surface area contributed by atoms with Gasteiger partial charge in [0.25, 0.3) is 0 Å². The third kappa shape index (κ3) is 4.00. The number of nitrogens with zero attached hydrogens (tertiary/aromatic N) is 2. The lowest BCUT2D eigenvalue weighted by Crippen LogP contribution is -2.35. The van der Waals surface area contributed by atoms with E-state index in [-0.39, 0.29) is 4.90 Å². The maximum atomic E-state index is 13.5. The minimum atomic E-state index is -3.70. The van der Waals surface area contributed by atoms with E-state index in [9.17, 15) is 8.42 Å². The summed E-state index contributed by atoms with van der Waals surface area (Å²) in [6.45, 7) is 5.87. The van der Waals surface area contributed by atoms with Crippen molar-refractivity contribution >= 4 is 26.4 Å². The molecule has 6 heteroatoms. The number of fused-ring (bicyclic) bond motifs is 1. The van der Waals surface area contributed by atoms with Crippen LogP contribution in [0, 0.1) is 6.92 Å². The van der Waals surface area contributed by atoms with Crippen molar-refractivity contribution < 1.29 is 8.42 Å². The molecule has 0 aliphatic carbocycles. The molecule has 2 heterocycles. The lowest BCUT2D eigenvalue weighted by Gasteiger charge is -2.29. The Hall–Kier alpha value is -2.44. The number of sulfone groups is 1. The molecule has 1 saturated heterocycles. The third-order valence-electron chi connectivity index (χ3n) is 5.55. The molecule has 0 unspecified atom stereocenters. The van der Waals surface area contributed by atoms with Gasteiger partial charge in [-0.2, -0.15) is 0 Å². The van der Waals surface area contributed by atoms with Gasteiger partial charge in [0.1, 0.15) is 4.90 Å². The van der Waals surface area contributed by atoms with Crippen LogP contribution in [-0.4, -0.2) is 31.5 Å². The van der Waals surface area contributed by atoms with E-state index in [1.165, 1.54) is 12.6 Å². The number of rotatable bonds is 5.